The molecule has 0 aliphatic rings. The van der Waals surface area contributed by atoms with Crippen LogP contribution in [0.25, 0.3) is 11.1 Å². The molecule has 2 N–H and O–H groups in total. The summed E-state index contributed by atoms with van der Waals surface area (Å²) in [7, 11) is 0. The first-order chi connectivity index (χ1) is 12.9. The van der Waals surface area contributed by atoms with Crippen LogP contribution in [0.15, 0.2) is 60.8 Å². The maximum absolute atomic E-state index is 11.4. The van der Waals surface area contributed by atoms with Crippen molar-refractivity contribution in [1.29, 1.82) is 0 Å². The van der Waals surface area contributed by atoms with Crippen molar-refractivity contribution in [1.82, 2.24) is 4.98 Å². The highest BCUT2D eigenvalue weighted by Crippen LogP contribution is 2.23. The van der Waals surface area contributed by atoms with Gasteiger partial charge < -0.3 is 10.5 Å². The number of hydrogen-bond donors (Lipinski definition) is 1. The summed E-state index contributed by atoms with van der Waals surface area (Å²) in [5.41, 5.74) is 10.1. The molecule has 27 heavy (non-hydrogen) atoms. The van der Waals surface area contributed by atoms with E-state index in [0.717, 1.165) is 22.4 Å². The Labute approximate surface area is 157 Å². The number of carbonyl (C=O) groups is 2. The van der Waals surface area contributed by atoms with E-state index in [-0.39, 0.29) is 5.78 Å². The number of ketones is 1. The van der Waals surface area contributed by atoms with E-state index in [0.29, 0.717) is 23.5 Å². The average Bonchev–Trinajstić information content (AvgIpc) is 2.66. The third-order valence-corrected chi connectivity index (χ3v) is 4.29. The van der Waals surface area contributed by atoms with E-state index >= 15 is 0 Å². The Kier molecular flexibility index (Phi) is 5.31. The SMILES string of the molecule is CC(=O)c1ccc(OCc2cc(-c3ccc(C(N)=O)c(C)c3)ccn2)cc1. The van der Waals surface area contributed by atoms with Crippen molar-refractivity contribution in [3.63, 3.8) is 0 Å². The first-order valence-electron chi connectivity index (χ1n) is 8.53. The molecule has 3 rings (SSSR count). The van der Waals surface area contributed by atoms with Crippen LogP contribution < -0.4 is 10.5 Å². The van der Waals surface area contributed by atoms with Gasteiger partial charge in [0.1, 0.15) is 12.4 Å². The van der Waals surface area contributed by atoms with Crippen LogP contribution in [0, 0.1) is 6.92 Å². The minimum atomic E-state index is -0.432. The Balaban J connectivity index is 1.74. The number of rotatable bonds is 6. The van der Waals surface area contributed by atoms with Gasteiger partial charge in [0.15, 0.2) is 5.78 Å². The Morgan fingerprint density at radius 1 is 1.00 bits per heavy atom. The van der Waals surface area contributed by atoms with E-state index in [2.05, 4.69) is 4.98 Å². The van der Waals surface area contributed by atoms with E-state index in [1.807, 2.05) is 31.2 Å². The number of carbonyl (C=O) groups excluding carboxylic acids is 2. The van der Waals surface area contributed by atoms with Gasteiger partial charge in [-0.05, 0) is 73.0 Å². The van der Waals surface area contributed by atoms with Crippen molar-refractivity contribution in [3.05, 3.63) is 83.2 Å². The van der Waals surface area contributed by atoms with E-state index in [4.69, 9.17) is 10.5 Å². The molecule has 0 aliphatic carbocycles. The van der Waals surface area contributed by atoms with Crippen molar-refractivity contribution in [2.24, 2.45) is 5.73 Å². The van der Waals surface area contributed by atoms with Gasteiger partial charge in [-0.2, -0.15) is 0 Å². The number of benzene rings is 2. The fourth-order valence-electron chi connectivity index (χ4n) is 2.80. The second-order valence-electron chi connectivity index (χ2n) is 6.30. The number of primary amides is 1. The number of nitrogens with two attached hydrogens (primary N) is 1. The molecule has 0 fully saturated rings. The molecule has 5 nitrogen and oxygen atoms in total. The van der Waals surface area contributed by atoms with Gasteiger partial charge in [-0.1, -0.05) is 12.1 Å². The van der Waals surface area contributed by atoms with Crippen molar-refractivity contribution in [2.45, 2.75) is 20.5 Å². The summed E-state index contributed by atoms with van der Waals surface area (Å²) in [6, 6.07) is 16.4. The van der Waals surface area contributed by atoms with E-state index in [1.165, 1.54) is 6.92 Å². The number of aromatic nitrogens is 1. The van der Waals surface area contributed by atoms with Crippen molar-refractivity contribution in [3.8, 4) is 16.9 Å². The largest absolute Gasteiger partial charge is 0.487 e. The van der Waals surface area contributed by atoms with Crippen molar-refractivity contribution < 1.29 is 14.3 Å². The standard InChI is InChI=1S/C22H20N2O3/c1-14-11-17(5-8-21(14)22(23)26)18-9-10-24-19(12-18)13-27-20-6-3-16(4-7-20)15(2)25/h3-12H,13H2,1-2H3,(H2,23,26). The molecule has 136 valence electrons. The molecular weight excluding hydrogens is 340 g/mol. The van der Waals surface area contributed by atoms with Gasteiger partial charge in [-0.25, -0.2) is 0 Å². The number of Topliss-reactive ketones (excluding diaryl/α,β-unsaturated/α-hetero) is 1. The fourth-order valence-corrected chi connectivity index (χ4v) is 2.80. The predicted molar refractivity (Wildman–Crippen MR) is 104 cm³/mol. The highest BCUT2D eigenvalue weighted by atomic mass is 16.5. The molecule has 1 heterocycles. The highest BCUT2D eigenvalue weighted by molar-refractivity contribution is 5.95. The number of pyridine rings is 1. The Morgan fingerprint density at radius 2 is 1.70 bits per heavy atom. The van der Waals surface area contributed by atoms with Gasteiger partial charge in [0.25, 0.3) is 0 Å². The van der Waals surface area contributed by atoms with E-state index < -0.39 is 5.91 Å². The summed E-state index contributed by atoms with van der Waals surface area (Å²) in [5, 5.41) is 0. The molecule has 0 spiro atoms. The zero-order valence-corrected chi connectivity index (χ0v) is 15.2. The van der Waals surface area contributed by atoms with E-state index in [1.54, 1.807) is 36.5 Å². The van der Waals surface area contributed by atoms with E-state index in [9.17, 15) is 9.59 Å². The van der Waals surface area contributed by atoms with Crippen LogP contribution in [-0.2, 0) is 6.61 Å². The molecule has 1 amide bonds. The summed E-state index contributed by atoms with van der Waals surface area (Å²) in [5.74, 6) is 0.265. The zero-order chi connectivity index (χ0) is 19.4. The van der Waals surface area contributed by atoms with Gasteiger partial charge in [0.2, 0.25) is 5.91 Å². The number of ether oxygens (including phenoxy) is 1. The lowest BCUT2D eigenvalue weighted by Crippen LogP contribution is -2.12. The lowest BCUT2D eigenvalue weighted by atomic mass is 10.00. The lowest BCUT2D eigenvalue weighted by Gasteiger charge is -2.09. The first-order valence-corrected chi connectivity index (χ1v) is 8.53. The number of hydrogen-bond acceptors (Lipinski definition) is 4. The number of aryl methyl sites for hydroxylation is 1. The zero-order valence-electron chi connectivity index (χ0n) is 15.2. The molecule has 0 aliphatic heterocycles. The quantitative estimate of drug-likeness (QED) is 0.675. The van der Waals surface area contributed by atoms with Crippen LogP contribution in [0.1, 0.15) is 38.9 Å². The van der Waals surface area contributed by atoms with Gasteiger partial charge in [0.05, 0.1) is 5.69 Å². The van der Waals surface area contributed by atoms with Gasteiger partial charge >= 0.3 is 0 Å². The molecule has 0 unspecified atom stereocenters. The third kappa shape index (κ3) is 4.39. The first kappa shape index (κ1) is 18.3. The molecule has 0 bridgehead atoms. The molecule has 2 aromatic carbocycles. The minimum Gasteiger partial charge on any atom is -0.487 e. The summed E-state index contributed by atoms with van der Waals surface area (Å²) >= 11 is 0. The molecule has 1 aromatic heterocycles. The van der Waals surface area contributed by atoms with Crippen LogP contribution >= 0.6 is 0 Å². The van der Waals surface area contributed by atoms with Crippen LogP contribution in [0.2, 0.25) is 0 Å². The Bertz CT molecular complexity index is 995. The topological polar surface area (TPSA) is 82.3 Å². The maximum Gasteiger partial charge on any atom is 0.248 e. The average molecular weight is 360 g/mol. The maximum atomic E-state index is 11.4. The molecule has 0 saturated heterocycles. The van der Waals surface area contributed by atoms with Crippen LogP contribution in [0.5, 0.6) is 5.75 Å². The Hall–Kier alpha value is -3.47. The monoisotopic (exact) mass is 360 g/mol. The molecule has 3 aromatic rings. The predicted octanol–water partition coefficient (Wildman–Crippen LogP) is 3.94. The summed E-state index contributed by atoms with van der Waals surface area (Å²) < 4.78 is 5.76. The van der Waals surface area contributed by atoms with Crippen molar-refractivity contribution >= 4 is 11.7 Å². The summed E-state index contributed by atoms with van der Waals surface area (Å²) in [6.45, 7) is 3.70. The molecule has 0 radical (unpaired) electrons. The Morgan fingerprint density at radius 3 is 2.33 bits per heavy atom. The van der Waals surface area contributed by atoms with Crippen LogP contribution in [0.4, 0.5) is 0 Å². The van der Waals surface area contributed by atoms with Crippen molar-refractivity contribution in [2.75, 3.05) is 0 Å². The van der Waals surface area contributed by atoms with Gasteiger partial charge in [-0.3, -0.25) is 14.6 Å². The second-order valence-corrected chi connectivity index (χ2v) is 6.30. The minimum absolute atomic E-state index is 0.0218. The fraction of sp³-hybridized carbons (Fsp3) is 0.136. The smallest absolute Gasteiger partial charge is 0.248 e. The second kappa shape index (κ2) is 7.83. The summed E-state index contributed by atoms with van der Waals surface area (Å²) in [6.07, 6.45) is 1.73. The van der Waals surface area contributed by atoms with Gasteiger partial charge in [0, 0.05) is 17.3 Å². The molecule has 0 atom stereocenters. The van der Waals surface area contributed by atoms with Gasteiger partial charge in [-0.15, -0.1) is 0 Å². The highest BCUT2D eigenvalue weighted by Gasteiger charge is 2.08. The number of nitrogens with zero attached hydrogens (tertiary/aromatic N) is 1. The summed E-state index contributed by atoms with van der Waals surface area (Å²) in [4.78, 5) is 27.0. The van der Waals surface area contributed by atoms with Crippen LogP contribution in [0.3, 0.4) is 0 Å². The number of amides is 1. The normalized spacial score (nSPS) is 10.4. The molecular formula is C22H20N2O3. The molecule has 0 saturated carbocycles. The lowest BCUT2D eigenvalue weighted by molar-refractivity contribution is 0.0995. The van der Waals surface area contributed by atoms with Crippen LogP contribution in [-0.4, -0.2) is 16.7 Å². The third-order valence-electron chi connectivity index (χ3n) is 4.29. The molecule has 5 heteroatoms.